The van der Waals surface area contributed by atoms with Crippen LogP contribution in [0.2, 0.25) is 0 Å². The molecule has 3 rings (SSSR count). The first kappa shape index (κ1) is 14.4. The summed E-state index contributed by atoms with van der Waals surface area (Å²) in [7, 11) is 4.36. The van der Waals surface area contributed by atoms with E-state index in [-0.39, 0.29) is 6.04 Å². The quantitative estimate of drug-likeness (QED) is 0.924. The standard InChI is InChI=1S/C17H24N4/c1-20-9-10-21(2)17(12-20)15(18)11-13-7-8-19-16-6-4-3-5-14(13)16/h3-8,15,17H,9-12,18H2,1-2H3. The Bertz CT molecular complexity index is 607. The minimum atomic E-state index is 0.142. The maximum absolute atomic E-state index is 6.54. The van der Waals surface area contributed by atoms with Crippen LogP contribution in [0.1, 0.15) is 5.56 Å². The number of rotatable bonds is 3. The number of likely N-dealkylation sites (N-methyl/N-ethyl adjacent to an activating group) is 2. The first-order chi connectivity index (χ1) is 10.1. The predicted octanol–water partition coefficient (Wildman–Crippen LogP) is 1.35. The van der Waals surface area contributed by atoms with Crippen molar-refractivity contribution in [2.45, 2.75) is 18.5 Å². The molecular formula is C17H24N4. The zero-order valence-electron chi connectivity index (χ0n) is 12.9. The summed E-state index contributed by atoms with van der Waals surface area (Å²) in [5.74, 6) is 0. The van der Waals surface area contributed by atoms with Crippen LogP contribution in [0.3, 0.4) is 0 Å². The summed E-state index contributed by atoms with van der Waals surface area (Å²) in [5, 5.41) is 1.22. The molecule has 1 aromatic carbocycles. The predicted molar refractivity (Wildman–Crippen MR) is 87.3 cm³/mol. The molecule has 0 spiro atoms. The van der Waals surface area contributed by atoms with E-state index in [1.54, 1.807) is 0 Å². The molecule has 21 heavy (non-hydrogen) atoms. The number of fused-ring (bicyclic) bond motifs is 1. The number of benzene rings is 1. The molecule has 0 bridgehead atoms. The summed E-state index contributed by atoms with van der Waals surface area (Å²) >= 11 is 0. The van der Waals surface area contributed by atoms with Crippen LogP contribution in [0.5, 0.6) is 0 Å². The van der Waals surface area contributed by atoms with Gasteiger partial charge in [0.15, 0.2) is 0 Å². The van der Waals surface area contributed by atoms with Gasteiger partial charge >= 0.3 is 0 Å². The van der Waals surface area contributed by atoms with E-state index >= 15 is 0 Å². The van der Waals surface area contributed by atoms with Gasteiger partial charge in [0.1, 0.15) is 0 Å². The van der Waals surface area contributed by atoms with Crippen LogP contribution in [0.15, 0.2) is 36.5 Å². The van der Waals surface area contributed by atoms with E-state index in [0.717, 1.165) is 31.6 Å². The Morgan fingerprint density at radius 3 is 2.90 bits per heavy atom. The van der Waals surface area contributed by atoms with E-state index in [9.17, 15) is 0 Å². The van der Waals surface area contributed by atoms with Gasteiger partial charge < -0.3 is 10.6 Å². The van der Waals surface area contributed by atoms with E-state index in [1.165, 1.54) is 10.9 Å². The molecule has 0 radical (unpaired) electrons. The number of piperazine rings is 1. The van der Waals surface area contributed by atoms with Crippen LogP contribution < -0.4 is 5.73 Å². The van der Waals surface area contributed by atoms with Crippen LogP contribution in [0.4, 0.5) is 0 Å². The highest BCUT2D eigenvalue weighted by molar-refractivity contribution is 5.81. The third kappa shape index (κ3) is 3.07. The zero-order valence-corrected chi connectivity index (χ0v) is 12.9. The van der Waals surface area contributed by atoms with Gasteiger partial charge in [0.2, 0.25) is 0 Å². The molecule has 0 amide bonds. The number of nitrogens with two attached hydrogens (primary N) is 1. The van der Waals surface area contributed by atoms with Crippen LogP contribution >= 0.6 is 0 Å². The number of nitrogens with zero attached hydrogens (tertiary/aromatic N) is 3. The molecule has 2 aromatic rings. The van der Waals surface area contributed by atoms with Crippen molar-refractivity contribution >= 4 is 10.9 Å². The molecule has 0 saturated carbocycles. The van der Waals surface area contributed by atoms with Gasteiger partial charge in [-0.05, 0) is 38.2 Å². The van der Waals surface area contributed by atoms with Crippen molar-refractivity contribution in [2.24, 2.45) is 5.73 Å². The average molecular weight is 284 g/mol. The molecule has 0 aliphatic carbocycles. The number of para-hydroxylation sites is 1. The lowest BCUT2D eigenvalue weighted by atomic mass is 9.95. The number of aromatic nitrogens is 1. The number of hydrogen-bond donors (Lipinski definition) is 1. The average Bonchev–Trinajstić information content (AvgIpc) is 2.50. The molecule has 1 aromatic heterocycles. The minimum Gasteiger partial charge on any atom is -0.326 e. The molecule has 2 heterocycles. The van der Waals surface area contributed by atoms with E-state index in [0.29, 0.717) is 6.04 Å². The Morgan fingerprint density at radius 1 is 1.24 bits per heavy atom. The summed E-state index contributed by atoms with van der Waals surface area (Å²) in [6.07, 6.45) is 2.78. The highest BCUT2D eigenvalue weighted by Gasteiger charge is 2.27. The topological polar surface area (TPSA) is 45.4 Å². The van der Waals surface area contributed by atoms with Crippen LogP contribution in [0, 0.1) is 0 Å². The molecule has 4 nitrogen and oxygen atoms in total. The molecule has 1 saturated heterocycles. The van der Waals surface area contributed by atoms with Crippen LogP contribution in [0.25, 0.3) is 10.9 Å². The van der Waals surface area contributed by atoms with Gasteiger partial charge in [-0.1, -0.05) is 18.2 Å². The smallest absolute Gasteiger partial charge is 0.0704 e. The van der Waals surface area contributed by atoms with Gasteiger partial charge in [-0.15, -0.1) is 0 Å². The Labute approximate surface area is 126 Å². The molecule has 2 atom stereocenters. The van der Waals surface area contributed by atoms with Crippen molar-refractivity contribution in [3.05, 3.63) is 42.1 Å². The maximum atomic E-state index is 6.54. The van der Waals surface area contributed by atoms with Crippen molar-refractivity contribution in [2.75, 3.05) is 33.7 Å². The van der Waals surface area contributed by atoms with Crippen molar-refractivity contribution in [3.8, 4) is 0 Å². The van der Waals surface area contributed by atoms with Gasteiger partial charge in [-0.2, -0.15) is 0 Å². The summed E-state index contributed by atoms with van der Waals surface area (Å²) in [6, 6.07) is 11.0. The fraction of sp³-hybridized carbons (Fsp3) is 0.471. The van der Waals surface area contributed by atoms with Crippen molar-refractivity contribution in [1.29, 1.82) is 0 Å². The lowest BCUT2D eigenvalue weighted by Crippen LogP contribution is -2.58. The SMILES string of the molecule is CN1CCN(C)C(C(N)Cc2ccnc3ccccc23)C1. The second-order valence-electron chi connectivity index (χ2n) is 6.17. The Balaban J connectivity index is 1.81. The Hall–Kier alpha value is -1.49. The normalized spacial score (nSPS) is 22.5. The molecule has 1 fully saturated rings. The van der Waals surface area contributed by atoms with Crippen molar-refractivity contribution in [3.63, 3.8) is 0 Å². The van der Waals surface area contributed by atoms with E-state index in [1.807, 2.05) is 12.3 Å². The molecule has 1 aliphatic heterocycles. The first-order valence-electron chi connectivity index (χ1n) is 7.62. The minimum absolute atomic E-state index is 0.142. The zero-order chi connectivity index (χ0) is 14.8. The van der Waals surface area contributed by atoms with Crippen molar-refractivity contribution in [1.82, 2.24) is 14.8 Å². The second-order valence-corrected chi connectivity index (χ2v) is 6.17. The fourth-order valence-electron chi connectivity index (χ4n) is 3.23. The van der Waals surface area contributed by atoms with E-state index in [4.69, 9.17) is 5.73 Å². The Morgan fingerprint density at radius 2 is 2.05 bits per heavy atom. The molecule has 2 unspecified atom stereocenters. The van der Waals surface area contributed by atoms with Gasteiger partial charge in [-0.3, -0.25) is 9.88 Å². The van der Waals surface area contributed by atoms with Gasteiger partial charge in [-0.25, -0.2) is 0 Å². The lowest BCUT2D eigenvalue weighted by Gasteiger charge is -2.40. The van der Waals surface area contributed by atoms with Gasteiger partial charge in [0.05, 0.1) is 5.52 Å². The van der Waals surface area contributed by atoms with Crippen molar-refractivity contribution < 1.29 is 0 Å². The van der Waals surface area contributed by atoms with Gasteiger partial charge in [0, 0.05) is 43.3 Å². The number of pyridine rings is 1. The summed E-state index contributed by atoms with van der Waals surface area (Å²) in [4.78, 5) is 9.20. The monoisotopic (exact) mass is 284 g/mol. The molecular weight excluding hydrogens is 260 g/mol. The third-order valence-corrected chi connectivity index (χ3v) is 4.59. The fourth-order valence-corrected chi connectivity index (χ4v) is 3.23. The number of hydrogen-bond acceptors (Lipinski definition) is 4. The lowest BCUT2D eigenvalue weighted by molar-refractivity contribution is 0.0974. The molecule has 112 valence electrons. The highest BCUT2D eigenvalue weighted by atomic mass is 15.3. The highest BCUT2D eigenvalue weighted by Crippen LogP contribution is 2.19. The summed E-state index contributed by atoms with van der Waals surface area (Å²) in [6.45, 7) is 3.25. The first-order valence-corrected chi connectivity index (χ1v) is 7.62. The largest absolute Gasteiger partial charge is 0.326 e. The Kier molecular flexibility index (Phi) is 4.19. The van der Waals surface area contributed by atoms with E-state index in [2.05, 4.69) is 53.1 Å². The molecule has 4 heteroatoms. The van der Waals surface area contributed by atoms with Gasteiger partial charge in [0.25, 0.3) is 0 Å². The second kappa shape index (κ2) is 6.10. The summed E-state index contributed by atoms with van der Waals surface area (Å²) in [5.41, 5.74) is 8.89. The third-order valence-electron chi connectivity index (χ3n) is 4.59. The maximum Gasteiger partial charge on any atom is 0.0704 e. The summed E-state index contributed by atoms with van der Waals surface area (Å²) < 4.78 is 0. The molecule has 2 N–H and O–H groups in total. The molecule has 1 aliphatic rings. The van der Waals surface area contributed by atoms with E-state index < -0.39 is 0 Å². The van der Waals surface area contributed by atoms with Crippen LogP contribution in [-0.4, -0.2) is 60.6 Å². The van der Waals surface area contributed by atoms with Crippen LogP contribution in [-0.2, 0) is 6.42 Å².